The first-order valence-corrected chi connectivity index (χ1v) is 8.06. The lowest BCUT2D eigenvalue weighted by molar-refractivity contribution is -0.279. The summed E-state index contributed by atoms with van der Waals surface area (Å²) < 4.78 is 5.12. The highest BCUT2D eigenvalue weighted by atomic mass is 79.9. The second kappa shape index (κ2) is 7.87. The number of fused-ring (bicyclic) bond motifs is 1. The molecule has 0 bridgehead atoms. The number of carboxylic acids is 1. The van der Waals surface area contributed by atoms with E-state index in [9.17, 15) is 9.90 Å². The average molecular weight is 441 g/mol. The van der Waals surface area contributed by atoms with Crippen molar-refractivity contribution in [1.29, 1.82) is 0 Å². The molecule has 1 aliphatic heterocycles. The highest BCUT2D eigenvalue weighted by Crippen LogP contribution is 2.32. The second-order valence-corrected chi connectivity index (χ2v) is 6.50. The second-order valence-electron chi connectivity index (χ2n) is 5.24. The Kier molecular flexibility index (Phi) is 6.27. The Morgan fingerprint density at radius 2 is 1.80 bits per heavy atom. The molecule has 2 aromatic rings. The van der Waals surface area contributed by atoms with E-state index in [1.54, 1.807) is 12.1 Å². The van der Waals surface area contributed by atoms with E-state index in [4.69, 9.17) is 37.1 Å². The number of aromatic hydroxyl groups is 1. The number of aliphatic carboxylic acids is 1. The molecule has 1 saturated heterocycles. The van der Waals surface area contributed by atoms with Gasteiger partial charge < -0.3 is 40.4 Å². The molecular weight excluding hydrogens is 426 g/mol. The molecule has 2 heterocycles. The fourth-order valence-electron chi connectivity index (χ4n) is 2.17. The Balaban J connectivity index is 0.000000181. The number of hydrogen-bond donors (Lipinski definition) is 7. The fourth-order valence-corrected chi connectivity index (χ4v) is 2.67. The molecule has 0 unspecified atom stereocenters. The number of carbonyl (C=O) groups is 1. The Bertz CT molecular complexity index is 769. The lowest BCUT2D eigenvalue weighted by Crippen LogP contribution is -2.59. The van der Waals surface area contributed by atoms with Crippen LogP contribution in [0.1, 0.15) is 0 Å². The van der Waals surface area contributed by atoms with Crippen LogP contribution in [0.5, 0.6) is 5.75 Å². The van der Waals surface area contributed by atoms with Gasteiger partial charge in [-0.2, -0.15) is 0 Å². The van der Waals surface area contributed by atoms with Gasteiger partial charge in [0.1, 0.15) is 24.1 Å². The number of halogens is 2. The summed E-state index contributed by atoms with van der Waals surface area (Å²) in [5.74, 6) is -1.28. The number of aromatic amines is 1. The van der Waals surface area contributed by atoms with E-state index in [2.05, 4.69) is 25.7 Å². The molecule has 0 aliphatic carbocycles. The van der Waals surface area contributed by atoms with Gasteiger partial charge in [-0.3, -0.25) is 0 Å². The van der Waals surface area contributed by atoms with Crippen LogP contribution in [0.25, 0.3) is 10.9 Å². The van der Waals surface area contributed by atoms with Crippen molar-refractivity contribution in [3.05, 3.63) is 27.8 Å². The lowest BCUT2D eigenvalue weighted by Gasteiger charge is -2.36. The van der Waals surface area contributed by atoms with E-state index in [1.165, 1.54) is 6.20 Å². The third kappa shape index (κ3) is 4.23. The molecule has 11 heteroatoms. The Hall–Kier alpha value is -1.40. The van der Waals surface area contributed by atoms with Gasteiger partial charge in [-0.05, 0) is 28.1 Å². The number of nitrogens with one attached hydrogen (secondary N) is 1. The first-order valence-electron chi connectivity index (χ1n) is 6.89. The van der Waals surface area contributed by atoms with E-state index in [0.717, 1.165) is 15.4 Å². The minimum absolute atomic E-state index is 0.238. The topological polar surface area (TPSA) is 163 Å². The summed E-state index contributed by atoms with van der Waals surface area (Å²) in [6.45, 7) is 0. The largest absolute Gasteiger partial charge is 0.506 e. The number of hydrogen-bond acceptors (Lipinski definition) is 7. The Morgan fingerprint density at radius 1 is 1.16 bits per heavy atom. The summed E-state index contributed by atoms with van der Waals surface area (Å²) in [6, 6.07) is 3.55. The molecule has 138 valence electrons. The molecule has 1 aromatic carbocycles. The molecule has 1 aromatic heterocycles. The number of ether oxygens (including phenoxy) is 1. The normalized spacial score (nSPS) is 29.1. The highest BCUT2D eigenvalue weighted by molar-refractivity contribution is 9.10. The van der Waals surface area contributed by atoms with Crippen LogP contribution in [0.15, 0.2) is 22.8 Å². The van der Waals surface area contributed by atoms with Crippen LogP contribution in [-0.2, 0) is 9.53 Å². The average Bonchev–Trinajstić information content (AvgIpc) is 2.90. The minimum Gasteiger partial charge on any atom is -0.506 e. The number of rotatable bonds is 1. The standard InChI is InChI=1S/C8H5BrClNO.C6H10O7/c9-5-1-4-7(2-6(5)10)11-3-8(4)12;7-1-2(8)4(5(10)11)13-6(12)3(1)9/h1-3,11-12H;1-4,6-9,12H,(H,10,11)/t;1-,2-,3+,4-,6+/m.0/s1. The van der Waals surface area contributed by atoms with E-state index in [-0.39, 0.29) is 5.75 Å². The van der Waals surface area contributed by atoms with Crippen molar-refractivity contribution in [1.82, 2.24) is 4.98 Å². The van der Waals surface area contributed by atoms with Gasteiger partial charge in [-0.15, -0.1) is 0 Å². The van der Waals surface area contributed by atoms with Crippen molar-refractivity contribution >= 4 is 44.4 Å². The van der Waals surface area contributed by atoms with Crippen molar-refractivity contribution in [3.63, 3.8) is 0 Å². The minimum atomic E-state index is -1.81. The highest BCUT2D eigenvalue weighted by Gasteiger charge is 2.46. The monoisotopic (exact) mass is 439 g/mol. The van der Waals surface area contributed by atoms with Crippen LogP contribution in [-0.4, -0.2) is 72.3 Å². The molecule has 0 saturated carbocycles. The van der Waals surface area contributed by atoms with Crippen LogP contribution in [0.2, 0.25) is 5.02 Å². The van der Waals surface area contributed by atoms with Crippen molar-refractivity contribution in [2.45, 2.75) is 30.7 Å². The van der Waals surface area contributed by atoms with E-state index >= 15 is 0 Å². The molecule has 0 spiro atoms. The van der Waals surface area contributed by atoms with Crippen molar-refractivity contribution in [2.75, 3.05) is 0 Å². The predicted molar refractivity (Wildman–Crippen MR) is 89.2 cm³/mol. The van der Waals surface area contributed by atoms with Crippen molar-refractivity contribution in [2.24, 2.45) is 0 Å². The van der Waals surface area contributed by atoms with E-state index in [0.29, 0.717) is 5.02 Å². The van der Waals surface area contributed by atoms with E-state index in [1.807, 2.05) is 0 Å². The summed E-state index contributed by atoms with van der Waals surface area (Å²) in [5.41, 5.74) is 0.834. The van der Waals surface area contributed by atoms with E-state index < -0.39 is 36.7 Å². The van der Waals surface area contributed by atoms with Crippen molar-refractivity contribution in [3.8, 4) is 5.75 Å². The van der Waals surface area contributed by atoms with Gasteiger partial charge in [0.05, 0.1) is 10.5 Å². The third-order valence-electron chi connectivity index (χ3n) is 3.53. The zero-order chi connectivity index (χ0) is 18.9. The number of aliphatic hydroxyl groups excluding tert-OH is 4. The molecule has 9 nitrogen and oxygen atoms in total. The molecule has 7 N–H and O–H groups in total. The third-order valence-corrected chi connectivity index (χ3v) is 4.73. The van der Waals surface area contributed by atoms with Crippen molar-refractivity contribution < 1.29 is 40.2 Å². The van der Waals surface area contributed by atoms with Crippen LogP contribution in [0.3, 0.4) is 0 Å². The zero-order valence-corrected chi connectivity index (χ0v) is 14.7. The predicted octanol–water partition coefficient (Wildman–Crippen LogP) is 0.160. The molecule has 0 amide bonds. The number of carboxylic acid groups (broad SMARTS) is 1. The van der Waals surface area contributed by atoms with Gasteiger partial charge in [0.25, 0.3) is 0 Å². The summed E-state index contributed by atoms with van der Waals surface area (Å²) in [7, 11) is 0. The molecule has 5 atom stereocenters. The summed E-state index contributed by atoms with van der Waals surface area (Å²) >= 11 is 9.13. The van der Waals surface area contributed by atoms with Gasteiger partial charge in [-0.1, -0.05) is 11.6 Å². The summed E-state index contributed by atoms with van der Waals surface area (Å²) in [4.78, 5) is 13.3. The maximum absolute atomic E-state index is 10.4. The molecular formula is C14H15BrClNO8. The fraction of sp³-hybridized carbons (Fsp3) is 0.357. The van der Waals surface area contributed by atoms with Gasteiger partial charge in [0, 0.05) is 16.1 Å². The van der Waals surface area contributed by atoms with Gasteiger partial charge in [0.2, 0.25) is 0 Å². The van der Waals surface area contributed by atoms with Crippen LogP contribution < -0.4 is 0 Å². The SMILES string of the molecule is O=C(O)[C@H]1O[C@@H](O)[C@H](O)[C@@H](O)[C@@H]1O.Oc1c[nH]c2cc(Cl)c(Br)cc12. The van der Waals surface area contributed by atoms with Gasteiger partial charge in [-0.25, -0.2) is 4.79 Å². The maximum Gasteiger partial charge on any atom is 0.335 e. The molecule has 1 fully saturated rings. The smallest absolute Gasteiger partial charge is 0.335 e. The zero-order valence-electron chi connectivity index (χ0n) is 12.4. The Labute approximate surface area is 154 Å². The molecule has 0 radical (unpaired) electrons. The first kappa shape index (κ1) is 19.9. The quantitative estimate of drug-likeness (QED) is 0.330. The van der Waals surface area contributed by atoms with Crippen LogP contribution in [0.4, 0.5) is 0 Å². The number of H-pyrrole nitrogens is 1. The number of benzene rings is 1. The van der Waals surface area contributed by atoms with Gasteiger partial charge >= 0.3 is 5.97 Å². The maximum atomic E-state index is 10.4. The first-order chi connectivity index (χ1) is 11.6. The number of aliphatic hydroxyl groups is 4. The Morgan fingerprint density at radius 3 is 2.40 bits per heavy atom. The van der Waals surface area contributed by atoms with Crippen LogP contribution >= 0.6 is 27.5 Å². The van der Waals surface area contributed by atoms with Crippen LogP contribution in [0, 0.1) is 0 Å². The molecule has 3 rings (SSSR count). The number of aromatic nitrogens is 1. The summed E-state index contributed by atoms with van der Waals surface area (Å²) in [6.07, 6.45) is -7.19. The molecule has 1 aliphatic rings. The lowest BCUT2D eigenvalue weighted by atomic mass is 9.99. The summed E-state index contributed by atoms with van der Waals surface area (Å²) in [5, 5.41) is 55.1. The molecule has 25 heavy (non-hydrogen) atoms. The van der Waals surface area contributed by atoms with Gasteiger partial charge in [0.15, 0.2) is 12.4 Å².